The Bertz CT molecular complexity index is 724. The third-order valence-corrected chi connectivity index (χ3v) is 3.23. The highest BCUT2D eigenvalue weighted by Gasteiger charge is 1.99. The first-order chi connectivity index (χ1) is 11.0. The standard InChI is InChI=1S/C19H21N3O/c1-15-6-4-8-17(14-15)21-19(23)20-13-5-7-16-9-11-18(12-10-16)22(2)3/h4,6,8-12,14H,13H2,1-3H3,(H2,20,21,23). The predicted molar refractivity (Wildman–Crippen MR) is 95.8 cm³/mol. The molecule has 0 aliphatic heterocycles. The maximum absolute atomic E-state index is 11.8. The van der Waals surface area contributed by atoms with Crippen LogP contribution in [0.25, 0.3) is 0 Å². The molecule has 0 heterocycles. The van der Waals surface area contributed by atoms with E-state index in [9.17, 15) is 4.79 Å². The van der Waals surface area contributed by atoms with Crippen LogP contribution in [0.2, 0.25) is 0 Å². The second kappa shape index (κ2) is 7.90. The fourth-order valence-electron chi connectivity index (χ4n) is 2.01. The van der Waals surface area contributed by atoms with Crippen LogP contribution in [0.3, 0.4) is 0 Å². The topological polar surface area (TPSA) is 44.4 Å². The second-order valence-electron chi connectivity index (χ2n) is 5.42. The lowest BCUT2D eigenvalue weighted by molar-refractivity contribution is 0.253. The van der Waals surface area contributed by atoms with E-state index in [2.05, 4.69) is 22.5 Å². The van der Waals surface area contributed by atoms with Crippen LogP contribution in [0.15, 0.2) is 48.5 Å². The molecule has 4 nitrogen and oxygen atoms in total. The minimum absolute atomic E-state index is 0.257. The smallest absolute Gasteiger partial charge is 0.319 e. The van der Waals surface area contributed by atoms with Gasteiger partial charge in [-0.05, 0) is 48.9 Å². The van der Waals surface area contributed by atoms with Gasteiger partial charge in [-0.1, -0.05) is 24.0 Å². The van der Waals surface area contributed by atoms with Crippen molar-refractivity contribution in [2.45, 2.75) is 6.92 Å². The molecule has 0 saturated carbocycles. The van der Waals surface area contributed by atoms with E-state index in [1.54, 1.807) is 0 Å². The van der Waals surface area contributed by atoms with Crippen LogP contribution in [0.1, 0.15) is 11.1 Å². The quantitative estimate of drug-likeness (QED) is 0.855. The first kappa shape index (κ1) is 16.4. The Morgan fingerprint density at radius 3 is 2.52 bits per heavy atom. The first-order valence-corrected chi connectivity index (χ1v) is 7.42. The van der Waals surface area contributed by atoms with E-state index < -0.39 is 0 Å². The fraction of sp³-hybridized carbons (Fsp3) is 0.211. The molecule has 23 heavy (non-hydrogen) atoms. The maximum atomic E-state index is 11.8. The number of nitrogens with one attached hydrogen (secondary N) is 2. The van der Waals surface area contributed by atoms with Crippen LogP contribution in [0.5, 0.6) is 0 Å². The summed E-state index contributed by atoms with van der Waals surface area (Å²) in [6, 6.07) is 15.4. The van der Waals surface area contributed by atoms with E-state index >= 15 is 0 Å². The summed E-state index contributed by atoms with van der Waals surface area (Å²) in [5.41, 5.74) is 3.93. The lowest BCUT2D eigenvalue weighted by atomic mass is 10.2. The van der Waals surface area contributed by atoms with Crippen LogP contribution in [-0.4, -0.2) is 26.7 Å². The van der Waals surface area contributed by atoms with Gasteiger partial charge in [0.15, 0.2) is 0 Å². The summed E-state index contributed by atoms with van der Waals surface area (Å²) in [5, 5.41) is 5.50. The van der Waals surface area contributed by atoms with Gasteiger partial charge in [0, 0.05) is 31.0 Å². The van der Waals surface area contributed by atoms with Crippen molar-refractivity contribution in [1.82, 2.24) is 5.32 Å². The van der Waals surface area contributed by atoms with Crippen molar-refractivity contribution in [3.05, 3.63) is 59.7 Å². The molecule has 4 heteroatoms. The number of rotatable bonds is 3. The number of hydrogen-bond donors (Lipinski definition) is 2. The van der Waals surface area contributed by atoms with Gasteiger partial charge in [-0.15, -0.1) is 0 Å². The molecule has 2 aromatic carbocycles. The molecule has 0 atom stereocenters. The van der Waals surface area contributed by atoms with Crippen LogP contribution < -0.4 is 15.5 Å². The van der Waals surface area contributed by atoms with E-state index in [0.29, 0.717) is 6.54 Å². The third-order valence-electron chi connectivity index (χ3n) is 3.23. The number of hydrogen-bond acceptors (Lipinski definition) is 2. The number of nitrogens with zero attached hydrogens (tertiary/aromatic N) is 1. The van der Waals surface area contributed by atoms with Crippen LogP contribution >= 0.6 is 0 Å². The van der Waals surface area contributed by atoms with Gasteiger partial charge < -0.3 is 15.5 Å². The lowest BCUT2D eigenvalue weighted by Gasteiger charge is -2.11. The summed E-state index contributed by atoms with van der Waals surface area (Å²) in [5.74, 6) is 5.97. The number of amides is 2. The summed E-state index contributed by atoms with van der Waals surface area (Å²) >= 11 is 0. The van der Waals surface area contributed by atoms with Crippen molar-refractivity contribution in [1.29, 1.82) is 0 Å². The SMILES string of the molecule is Cc1cccc(NC(=O)NCC#Cc2ccc(N(C)C)cc2)c1. The summed E-state index contributed by atoms with van der Waals surface area (Å²) in [7, 11) is 3.99. The minimum Gasteiger partial charge on any atom is -0.378 e. The number of carbonyl (C=O) groups excluding carboxylic acids is 1. The monoisotopic (exact) mass is 307 g/mol. The number of benzene rings is 2. The Morgan fingerprint density at radius 1 is 1.13 bits per heavy atom. The Balaban J connectivity index is 1.81. The highest BCUT2D eigenvalue weighted by atomic mass is 16.2. The van der Waals surface area contributed by atoms with Gasteiger partial charge in [-0.25, -0.2) is 4.79 Å². The van der Waals surface area contributed by atoms with Crippen molar-refractivity contribution >= 4 is 17.4 Å². The molecule has 0 unspecified atom stereocenters. The van der Waals surface area contributed by atoms with Crippen LogP contribution in [0.4, 0.5) is 16.2 Å². The van der Waals surface area contributed by atoms with Gasteiger partial charge >= 0.3 is 6.03 Å². The summed E-state index contributed by atoms with van der Waals surface area (Å²) in [6.45, 7) is 2.28. The molecule has 2 amide bonds. The summed E-state index contributed by atoms with van der Waals surface area (Å²) in [4.78, 5) is 13.8. The zero-order chi connectivity index (χ0) is 16.7. The molecule has 0 spiro atoms. The highest BCUT2D eigenvalue weighted by Crippen LogP contribution is 2.11. The number of aryl methyl sites for hydroxylation is 1. The third kappa shape index (κ3) is 5.40. The van der Waals surface area contributed by atoms with Crippen molar-refractivity contribution < 1.29 is 4.79 Å². The first-order valence-electron chi connectivity index (χ1n) is 7.42. The molecule has 0 saturated heterocycles. The zero-order valence-corrected chi connectivity index (χ0v) is 13.7. The van der Waals surface area contributed by atoms with Gasteiger partial charge in [-0.2, -0.15) is 0 Å². The molecule has 0 aromatic heterocycles. The average molecular weight is 307 g/mol. The fourth-order valence-corrected chi connectivity index (χ4v) is 2.01. The summed E-state index contributed by atoms with van der Waals surface area (Å²) < 4.78 is 0. The van der Waals surface area contributed by atoms with Crippen molar-refractivity contribution in [3.8, 4) is 11.8 Å². The van der Waals surface area contributed by atoms with Crippen LogP contribution in [0, 0.1) is 18.8 Å². The van der Waals surface area contributed by atoms with Crippen LogP contribution in [-0.2, 0) is 0 Å². The van der Waals surface area contributed by atoms with Crippen molar-refractivity contribution in [3.63, 3.8) is 0 Å². The predicted octanol–water partition coefficient (Wildman–Crippen LogP) is 3.23. The molecule has 0 bridgehead atoms. The molecule has 2 N–H and O–H groups in total. The molecule has 0 fully saturated rings. The molecule has 118 valence electrons. The lowest BCUT2D eigenvalue weighted by Crippen LogP contribution is -2.28. The molecule has 2 rings (SSSR count). The summed E-state index contributed by atoms with van der Waals surface area (Å²) in [6.07, 6.45) is 0. The van der Waals surface area contributed by atoms with Gasteiger partial charge in [0.25, 0.3) is 0 Å². The molecule has 0 aliphatic carbocycles. The van der Waals surface area contributed by atoms with E-state index in [1.807, 2.05) is 74.4 Å². The van der Waals surface area contributed by atoms with Gasteiger partial charge in [0.1, 0.15) is 0 Å². The second-order valence-corrected chi connectivity index (χ2v) is 5.42. The minimum atomic E-state index is -0.257. The van der Waals surface area contributed by atoms with Crippen molar-refractivity contribution in [2.24, 2.45) is 0 Å². The Kier molecular flexibility index (Phi) is 5.65. The Labute approximate surface area is 137 Å². The average Bonchev–Trinajstić information content (AvgIpc) is 2.52. The van der Waals surface area contributed by atoms with E-state index in [4.69, 9.17) is 0 Å². The van der Waals surface area contributed by atoms with E-state index in [0.717, 1.165) is 22.5 Å². The largest absolute Gasteiger partial charge is 0.378 e. The number of urea groups is 1. The molecule has 2 aromatic rings. The normalized spacial score (nSPS) is 9.52. The van der Waals surface area contributed by atoms with Gasteiger partial charge in [-0.3, -0.25) is 0 Å². The van der Waals surface area contributed by atoms with Gasteiger partial charge in [0.05, 0.1) is 6.54 Å². The zero-order valence-electron chi connectivity index (χ0n) is 13.7. The Hall–Kier alpha value is -2.93. The van der Waals surface area contributed by atoms with Crippen molar-refractivity contribution in [2.75, 3.05) is 30.9 Å². The van der Waals surface area contributed by atoms with Gasteiger partial charge in [0.2, 0.25) is 0 Å². The van der Waals surface area contributed by atoms with E-state index in [1.165, 1.54) is 0 Å². The highest BCUT2D eigenvalue weighted by molar-refractivity contribution is 5.89. The number of anilines is 2. The number of carbonyl (C=O) groups is 1. The molecule has 0 radical (unpaired) electrons. The Morgan fingerprint density at radius 2 is 1.87 bits per heavy atom. The van der Waals surface area contributed by atoms with E-state index in [-0.39, 0.29) is 6.03 Å². The molecular weight excluding hydrogens is 286 g/mol. The maximum Gasteiger partial charge on any atom is 0.319 e. The molecular formula is C19H21N3O. The molecule has 0 aliphatic rings.